The quantitative estimate of drug-likeness (QED) is 0.494. The van der Waals surface area contributed by atoms with Crippen LogP contribution in [-0.4, -0.2) is 27.7 Å². The fourth-order valence-corrected chi connectivity index (χ4v) is 3.10. The van der Waals surface area contributed by atoms with Gasteiger partial charge in [0, 0.05) is 47.7 Å². The van der Waals surface area contributed by atoms with E-state index in [1.54, 1.807) is 56.1 Å². The first-order valence-corrected chi connectivity index (χ1v) is 9.06. The van der Waals surface area contributed by atoms with Crippen LogP contribution in [0, 0.1) is 11.2 Å². The third-order valence-corrected chi connectivity index (χ3v) is 4.51. The molecule has 4 aromatic rings. The zero-order valence-corrected chi connectivity index (χ0v) is 15.7. The van der Waals surface area contributed by atoms with E-state index in [1.807, 2.05) is 24.3 Å². The van der Waals surface area contributed by atoms with E-state index in [4.69, 9.17) is 5.41 Å². The van der Waals surface area contributed by atoms with E-state index in [0.717, 1.165) is 16.5 Å². The van der Waals surface area contributed by atoms with Gasteiger partial charge in [0.2, 0.25) is 0 Å². The molecular formula is C23H18FN5. The second-order valence-electron chi connectivity index (χ2n) is 6.41. The maximum Gasteiger partial charge on any atom is 0.160 e. The van der Waals surface area contributed by atoms with E-state index in [9.17, 15) is 4.39 Å². The van der Waals surface area contributed by atoms with E-state index in [-0.39, 0.29) is 5.82 Å². The lowest BCUT2D eigenvalue weighted by atomic mass is 9.99. The Labute approximate surface area is 167 Å². The van der Waals surface area contributed by atoms with Crippen LogP contribution in [-0.2, 0) is 0 Å². The highest BCUT2D eigenvalue weighted by atomic mass is 19.1. The monoisotopic (exact) mass is 383 g/mol. The molecule has 4 rings (SSSR count). The molecule has 29 heavy (non-hydrogen) atoms. The number of hydrogen-bond acceptors (Lipinski definition) is 5. The first kappa shape index (κ1) is 18.4. The van der Waals surface area contributed by atoms with Crippen molar-refractivity contribution in [3.05, 3.63) is 90.8 Å². The van der Waals surface area contributed by atoms with Crippen molar-refractivity contribution in [2.75, 3.05) is 7.05 Å². The number of pyridine rings is 3. The zero-order chi connectivity index (χ0) is 20.2. The molecule has 0 amide bonds. The minimum atomic E-state index is -0.341. The fraction of sp³-hybridized carbons (Fsp3) is 0.0435. The van der Waals surface area contributed by atoms with E-state index in [2.05, 4.69) is 20.3 Å². The summed E-state index contributed by atoms with van der Waals surface area (Å²) < 4.78 is 14.4. The Balaban J connectivity index is 1.91. The summed E-state index contributed by atoms with van der Waals surface area (Å²) in [4.78, 5) is 13.2. The van der Waals surface area contributed by atoms with Gasteiger partial charge in [-0.2, -0.15) is 0 Å². The molecule has 0 radical (unpaired) electrons. The van der Waals surface area contributed by atoms with Gasteiger partial charge in [0.1, 0.15) is 5.82 Å². The number of hydrogen-bond donors (Lipinski definition) is 2. The van der Waals surface area contributed by atoms with E-state index in [0.29, 0.717) is 28.2 Å². The lowest BCUT2D eigenvalue weighted by molar-refractivity contribution is 0.631. The van der Waals surface area contributed by atoms with Gasteiger partial charge in [-0.1, -0.05) is 12.1 Å². The molecule has 0 saturated heterocycles. The van der Waals surface area contributed by atoms with Crippen LogP contribution in [0.5, 0.6) is 0 Å². The number of fused-ring (bicyclic) bond motifs is 1. The molecule has 3 aromatic heterocycles. The van der Waals surface area contributed by atoms with Crippen molar-refractivity contribution in [1.29, 1.82) is 5.41 Å². The van der Waals surface area contributed by atoms with Crippen molar-refractivity contribution in [3.63, 3.8) is 0 Å². The van der Waals surface area contributed by atoms with Gasteiger partial charge in [-0.15, -0.1) is 0 Å². The van der Waals surface area contributed by atoms with Crippen LogP contribution >= 0.6 is 0 Å². The average molecular weight is 383 g/mol. The number of allylic oxidation sites excluding steroid dienone is 1. The molecule has 0 atom stereocenters. The normalized spacial score (nSPS) is 11.1. The largest absolute Gasteiger partial charge is 0.394 e. The Morgan fingerprint density at radius 2 is 1.93 bits per heavy atom. The highest BCUT2D eigenvalue weighted by Crippen LogP contribution is 2.32. The van der Waals surface area contributed by atoms with Gasteiger partial charge in [0.25, 0.3) is 0 Å². The molecule has 0 spiro atoms. The van der Waals surface area contributed by atoms with Crippen LogP contribution in [0.1, 0.15) is 5.56 Å². The zero-order valence-electron chi connectivity index (χ0n) is 15.7. The summed E-state index contributed by atoms with van der Waals surface area (Å²) in [7, 11) is 1.78. The number of aromatic nitrogens is 3. The third kappa shape index (κ3) is 3.73. The molecule has 0 bridgehead atoms. The van der Waals surface area contributed by atoms with Crippen molar-refractivity contribution in [2.45, 2.75) is 0 Å². The maximum atomic E-state index is 14.4. The van der Waals surface area contributed by atoms with Crippen molar-refractivity contribution < 1.29 is 4.39 Å². The van der Waals surface area contributed by atoms with E-state index >= 15 is 0 Å². The predicted molar refractivity (Wildman–Crippen MR) is 113 cm³/mol. The summed E-state index contributed by atoms with van der Waals surface area (Å²) in [6.07, 6.45) is 8.39. The molecule has 0 aliphatic carbocycles. The number of nitrogens with zero attached hydrogens (tertiary/aromatic N) is 3. The van der Waals surface area contributed by atoms with Crippen molar-refractivity contribution in [3.8, 4) is 22.4 Å². The van der Waals surface area contributed by atoms with Gasteiger partial charge in [-0.25, -0.2) is 14.4 Å². The van der Waals surface area contributed by atoms with Gasteiger partial charge < -0.3 is 10.7 Å². The molecule has 0 aliphatic rings. The van der Waals surface area contributed by atoms with Crippen LogP contribution < -0.4 is 5.32 Å². The average Bonchev–Trinajstić information content (AvgIpc) is 2.77. The first-order valence-electron chi connectivity index (χ1n) is 9.06. The highest BCUT2D eigenvalue weighted by Gasteiger charge is 2.13. The molecule has 2 N–H and O–H groups in total. The lowest BCUT2D eigenvalue weighted by Crippen LogP contribution is -2.00. The maximum absolute atomic E-state index is 14.4. The van der Waals surface area contributed by atoms with Crippen LogP contribution in [0.2, 0.25) is 0 Å². The van der Waals surface area contributed by atoms with Crippen LogP contribution in [0.15, 0.2) is 79.4 Å². The minimum Gasteiger partial charge on any atom is -0.394 e. The minimum absolute atomic E-state index is 0.333. The Morgan fingerprint density at radius 3 is 2.76 bits per heavy atom. The van der Waals surface area contributed by atoms with Gasteiger partial charge in [0.15, 0.2) is 5.65 Å². The van der Waals surface area contributed by atoms with E-state index < -0.39 is 0 Å². The molecular weight excluding hydrogens is 365 g/mol. The highest BCUT2D eigenvalue weighted by molar-refractivity contribution is 6.07. The first-order chi connectivity index (χ1) is 14.2. The van der Waals surface area contributed by atoms with Gasteiger partial charge in [0.05, 0.1) is 11.4 Å². The van der Waals surface area contributed by atoms with Gasteiger partial charge >= 0.3 is 0 Å². The predicted octanol–water partition coefficient (Wildman–Crippen LogP) is 4.60. The number of rotatable bonds is 5. The molecule has 0 unspecified atom stereocenters. The molecule has 3 heterocycles. The molecule has 0 aliphatic heterocycles. The molecule has 0 fully saturated rings. The number of halogens is 1. The van der Waals surface area contributed by atoms with Crippen molar-refractivity contribution in [2.24, 2.45) is 0 Å². The summed E-state index contributed by atoms with van der Waals surface area (Å²) in [5.74, 6) is -0.341. The van der Waals surface area contributed by atoms with Crippen LogP contribution in [0.25, 0.3) is 33.4 Å². The standard InChI is InChI=1S/C23H18FN5/c1-26-10-8-21(25)16-11-15(13-27-14-16)19-12-22(18-5-2-3-7-20(18)24)29-23-17(19)6-4-9-28-23/h2-14,25-26H,1H3/b10-8-,25-21?. The Kier molecular flexibility index (Phi) is 5.07. The summed E-state index contributed by atoms with van der Waals surface area (Å²) >= 11 is 0. The van der Waals surface area contributed by atoms with E-state index in [1.165, 1.54) is 6.07 Å². The van der Waals surface area contributed by atoms with Gasteiger partial charge in [-0.3, -0.25) is 4.98 Å². The molecule has 6 heteroatoms. The van der Waals surface area contributed by atoms with Crippen LogP contribution in [0.4, 0.5) is 4.39 Å². The Hall–Kier alpha value is -3.93. The molecule has 142 valence electrons. The number of nitrogens with one attached hydrogen (secondary N) is 2. The van der Waals surface area contributed by atoms with Gasteiger partial charge in [-0.05, 0) is 54.2 Å². The SMILES string of the molecule is CN/C=C\C(=N)c1cncc(-c2cc(-c3ccccc3F)nc3ncccc23)c1. The third-order valence-electron chi connectivity index (χ3n) is 4.51. The molecule has 1 aromatic carbocycles. The smallest absolute Gasteiger partial charge is 0.160 e. The summed E-state index contributed by atoms with van der Waals surface area (Å²) in [5.41, 5.74) is 4.09. The van der Waals surface area contributed by atoms with Crippen molar-refractivity contribution >= 4 is 16.7 Å². The second-order valence-corrected chi connectivity index (χ2v) is 6.41. The topological polar surface area (TPSA) is 74.6 Å². The summed E-state index contributed by atoms with van der Waals surface area (Å²) in [6.45, 7) is 0. The summed E-state index contributed by atoms with van der Waals surface area (Å²) in [5, 5.41) is 11.9. The Morgan fingerprint density at radius 1 is 1.07 bits per heavy atom. The van der Waals surface area contributed by atoms with Crippen molar-refractivity contribution in [1.82, 2.24) is 20.3 Å². The number of benzene rings is 1. The second kappa shape index (κ2) is 7.98. The summed E-state index contributed by atoms with van der Waals surface area (Å²) in [6, 6.07) is 14.0. The fourth-order valence-electron chi connectivity index (χ4n) is 3.10. The van der Waals surface area contributed by atoms with Crippen LogP contribution in [0.3, 0.4) is 0 Å². The lowest BCUT2D eigenvalue weighted by Gasteiger charge is -2.11. The Bertz CT molecular complexity index is 1230. The molecule has 0 saturated carbocycles. The molecule has 5 nitrogen and oxygen atoms in total.